The zero-order valence-corrected chi connectivity index (χ0v) is 24.4. The van der Waals surface area contributed by atoms with Crippen molar-refractivity contribution in [1.82, 2.24) is 19.4 Å². The Kier molecular flexibility index (Phi) is 12.5. The number of carboxylic acid groups (broad SMARTS) is 2. The number of alkyl halides is 3. The number of anilines is 1. The maximum atomic E-state index is 13.0. The van der Waals surface area contributed by atoms with Crippen LogP contribution in [0.2, 0.25) is 0 Å². The van der Waals surface area contributed by atoms with Gasteiger partial charge in [0.15, 0.2) is 6.61 Å². The fraction of sp³-hybridized carbons (Fsp3) is 0.367. The average molecular weight is 634 g/mol. The van der Waals surface area contributed by atoms with Gasteiger partial charge in [0.1, 0.15) is 5.75 Å². The summed E-state index contributed by atoms with van der Waals surface area (Å²) in [4.78, 5) is 55.7. The normalized spacial score (nSPS) is 14.4. The molecule has 0 aliphatic carbocycles. The molecule has 2 aromatic heterocycles. The SMILES string of the molecule is CC(c1ccccn1)c1c[nH]c(=O)n(CCCN2CCN(c3ccccc3OCC(F)(F)F)CC2)c1=O.O=C(O)/C=C/C(=O)O. The van der Waals surface area contributed by atoms with Gasteiger partial charge in [0.2, 0.25) is 0 Å². The van der Waals surface area contributed by atoms with Crippen molar-refractivity contribution in [2.75, 3.05) is 44.2 Å². The molecule has 45 heavy (non-hydrogen) atoms. The Balaban J connectivity index is 0.000000610. The molecule has 0 bridgehead atoms. The number of aromatic amines is 1. The van der Waals surface area contributed by atoms with Crippen molar-refractivity contribution < 1.29 is 37.7 Å². The van der Waals surface area contributed by atoms with E-state index in [4.69, 9.17) is 14.9 Å². The third-order valence-corrected chi connectivity index (χ3v) is 6.88. The number of H-pyrrole nitrogens is 1. The lowest BCUT2D eigenvalue weighted by Crippen LogP contribution is -2.47. The summed E-state index contributed by atoms with van der Waals surface area (Å²) in [6.07, 6.45) is 0.464. The van der Waals surface area contributed by atoms with E-state index in [1.54, 1.807) is 30.5 Å². The van der Waals surface area contributed by atoms with Gasteiger partial charge in [-0.1, -0.05) is 25.1 Å². The minimum atomic E-state index is -4.40. The van der Waals surface area contributed by atoms with Gasteiger partial charge in [-0.05, 0) is 37.2 Å². The first-order chi connectivity index (χ1) is 21.4. The van der Waals surface area contributed by atoms with E-state index in [0.29, 0.717) is 62.5 Å². The van der Waals surface area contributed by atoms with Crippen LogP contribution in [-0.2, 0) is 16.1 Å². The minimum absolute atomic E-state index is 0.215. The fourth-order valence-electron chi connectivity index (χ4n) is 4.64. The van der Waals surface area contributed by atoms with Gasteiger partial charge < -0.3 is 24.8 Å². The average Bonchev–Trinajstić information content (AvgIpc) is 3.01. The third-order valence-electron chi connectivity index (χ3n) is 6.88. The van der Waals surface area contributed by atoms with E-state index >= 15 is 0 Å². The molecule has 3 heterocycles. The highest BCUT2D eigenvalue weighted by molar-refractivity contribution is 5.89. The van der Waals surface area contributed by atoms with Gasteiger partial charge in [-0.2, -0.15) is 13.2 Å². The Morgan fingerprint density at radius 3 is 2.24 bits per heavy atom. The van der Waals surface area contributed by atoms with Crippen molar-refractivity contribution in [3.8, 4) is 5.75 Å². The highest BCUT2D eigenvalue weighted by atomic mass is 19.4. The fourth-order valence-corrected chi connectivity index (χ4v) is 4.64. The van der Waals surface area contributed by atoms with E-state index in [1.165, 1.54) is 10.8 Å². The van der Waals surface area contributed by atoms with Crippen molar-refractivity contribution in [2.24, 2.45) is 0 Å². The van der Waals surface area contributed by atoms with Crippen LogP contribution < -0.4 is 20.9 Å². The first-order valence-electron chi connectivity index (χ1n) is 14.0. The quantitative estimate of drug-likeness (QED) is 0.268. The van der Waals surface area contributed by atoms with Gasteiger partial charge >= 0.3 is 23.8 Å². The topological polar surface area (TPSA) is 158 Å². The maximum Gasteiger partial charge on any atom is 0.422 e. The molecule has 1 aliphatic heterocycles. The van der Waals surface area contributed by atoms with Gasteiger partial charge in [-0.3, -0.25) is 19.2 Å². The summed E-state index contributed by atoms with van der Waals surface area (Å²) in [7, 11) is 0. The molecule has 0 radical (unpaired) electrons. The Labute approximate surface area is 256 Å². The van der Waals surface area contributed by atoms with Gasteiger partial charge in [0.25, 0.3) is 5.56 Å². The first-order valence-corrected chi connectivity index (χ1v) is 14.0. The van der Waals surface area contributed by atoms with E-state index in [-0.39, 0.29) is 23.8 Å². The van der Waals surface area contributed by atoms with Gasteiger partial charge in [-0.15, -0.1) is 0 Å². The number of aliphatic carboxylic acids is 2. The summed E-state index contributed by atoms with van der Waals surface area (Å²) in [5, 5.41) is 15.6. The van der Waals surface area contributed by atoms with E-state index in [1.807, 2.05) is 30.0 Å². The van der Waals surface area contributed by atoms with Gasteiger partial charge in [0, 0.05) is 74.4 Å². The molecular weight excluding hydrogens is 599 g/mol. The molecule has 0 saturated carbocycles. The number of carbonyl (C=O) groups is 2. The largest absolute Gasteiger partial charge is 0.482 e. The molecule has 1 saturated heterocycles. The second-order valence-corrected chi connectivity index (χ2v) is 10.0. The van der Waals surface area contributed by atoms with Crippen LogP contribution in [0.1, 0.15) is 30.5 Å². The molecule has 1 fully saturated rings. The van der Waals surface area contributed by atoms with Crippen molar-refractivity contribution in [3.63, 3.8) is 0 Å². The van der Waals surface area contributed by atoms with Crippen molar-refractivity contribution in [1.29, 1.82) is 0 Å². The number of aromatic nitrogens is 3. The number of rotatable bonds is 11. The summed E-state index contributed by atoms with van der Waals surface area (Å²) in [6, 6.07) is 12.3. The number of benzene rings is 1. The summed E-state index contributed by atoms with van der Waals surface area (Å²) >= 11 is 0. The highest BCUT2D eigenvalue weighted by Gasteiger charge is 2.29. The lowest BCUT2D eigenvalue weighted by atomic mass is 10.00. The lowest BCUT2D eigenvalue weighted by Gasteiger charge is -2.36. The standard InChI is InChI=1S/C26H30F3N5O3.C4H4O4/c1-19(21-7-4-5-10-30-21)20-17-31-25(36)34(24(20)35)12-6-11-32-13-15-33(16-14-32)22-8-2-3-9-23(22)37-18-26(27,28)29;5-3(6)1-2-4(7)8/h2-5,7-10,17,19H,6,11-16,18H2,1H3,(H,31,36);1-2H,(H,5,6)(H,7,8)/b;2-1+. The monoisotopic (exact) mass is 633 g/mol. The summed E-state index contributed by atoms with van der Waals surface area (Å²) in [5.74, 6) is -2.56. The summed E-state index contributed by atoms with van der Waals surface area (Å²) in [5.41, 5.74) is 1.12. The zero-order chi connectivity index (χ0) is 33.0. The van der Waals surface area contributed by atoms with Gasteiger partial charge in [0.05, 0.1) is 5.69 Å². The molecule has 15 heteroatoms. The number of para-hydroxylation sites is 2. The molecular formula is C30H34F3N5O7. The molecule has 4 rings (SSSR count). The van der Waals surface area contributed by atoms with Crippen LogP contribution in [0, 0.1) is 0 Å². The molecule has 0 spiro atoms. The summed E-state index contributed by atoms with van der Waals surface area (Å²) < 4.78 is 44.1. The minimum Gasteiger partial charge on any atom is -0.482 e. The maximum absolute atomic E-state index is 13.0. The molecule has 1 atom stereocenters. The smallest absolute Gasteiger partial charge is 0.422 e. The van der Waals surface area contributed by atoms with E-state index in [2.05, 4.69) is 14.9 Å². The predicted molar refractivity (Wildman–Crippen MR) is 159 cm³/mol. The third kappa shape index (κ3) is 10.9. The predicted octanol–water partition coefficient (Wildman–Crippen LogP) is 2.95. The van der Waals surface area contributed by atoms with Crippen LogP contribution in [0.5, 0.6) is 5.75 Å². The second-order valence-electron chi connectivity index (χ2n) is 10.0. The highest BCUT2D eigenvalue weighted by Crippen LogP contribution is 2.30. The van der Waals surface area contributed by atoms with E-state index in [0.717, 1.165) is 5.69 Å². The molecule has 1 unspecified atom stereocenters. The number of carboxylic acids is 2. The van der Waals surface area contributed by atoms with Crippen molar-refractivity contribution >= 4 is 17.6 Å². The number of halogens is 3. The second kappa shape index (κ2) is 16.2. The Bertz CT molecular complexity index is 1550. The van der Waals surface area contributed by atoms with Crippen LogP contribution in [0.4, 0.5) is 18.9 Å². The molecule has 242 valence electrons. The van der Waals surface area contributed by atoms with E-state index in [9.17, 15) is 32.3 Å². The van der Waals surface area contributed by atoms with Crippen molar-refractivity contribution in [3.05, 3.63) is 99.1 Å². The number of hydrogen-bond donors (Lipinski definition) is 3. The molecule has 1 aromatic carbocycles. The zero-order valence-electron chi connectivity index (χ0n) is 24.4. The van der Waals surface area contributed by atoms with Crippen LogP contribution >= 0.6 is 0 Å². The van der Waals surface area contributed by atoms with Crippen LogP contribution in [-0.4, -0.2) is 87.1 Å². The number of ether oxygens (including phenoxy) is 1. The van der Waals surface area contributed by atoms with Crippen LogP contribution in [0.25, 0.3) is 0 Å². The first kappa shape index (κ1) is 34.6. The van der Waals surface area contributed by atoms with Crippen LogP contribution in [0.3, 0.4) is 0 Å². The number of nitrogens with zero attached hydrogens (tertiary/aromatic N) is 4. The number of pyridine rings is 1. The van der Waals surface area contributed by atoms with Gasteiger partial charge in [-0.25, -0.2) is 14.4 Å². The molecule has 3 N–H and O–H groups in total. The molecule has 3 aromatic rings. The Hall–Kier alpha value is -4.92. The number of nitrogens with one attached hydrogen (secondary N) is 1. The molecule has 12 nitrogen and oxygen atoms in total. The molecule has 1 aliphatic rings. The number of piperazine rings is 1. The molecule has 0 amide bonds. The Morgan fingerprint density at radius 2 is 1.64 bits per heavy atom. The van der Waals surface area contributed by atoms with Crippen LogP contribution in [0.15, 0.2) is 76.6 Å². The number of hydrogen-bond acceptors (Lipinski definition) is 8. The summed E-state index contributed by atoms with van der Waals surface area (Å²) in [6.45, 7) is 4.19. The van der Waals surface area contributed by atoms with E-state index < -0.39 is 30.4 Å². The lowest BCUT2D eigenvalue weighted by molar-refractivity contribution is -0.153. The Morgan fingerprint density at radius 1 is 1.00 bits per heavy atom. The van der Waals surface area contributed by atoms with Crippen molar-refractivity contribution in [2.45, 2.75) is 32.0 Å².